The van der Waals surface area contributed by atoms with Gasteiger partial charge in [-0.3, -0.25) is 9.69 Å². The second-order valence-corrected chi connectivity index (χ2v) is 8.32. The number of carbonyl (C=O) groups is 3. The maximum absolute atomic E-state index is 11.9. The molecule has 2 N–H and O–H groups in total. The molecule has 1 fully saturated rings. The normalized spacial score (nSPS) is 14.6. The Labute approximate surface area is 209 Å². The van der Waals surface area contributed by atoms with Gasteiger partial charge >= 0.3 is 18.0 Å². The van der Waals surface area contributed by atoms with Crippen LogP contribution in [0.15, 0.2) is 30.6 Å². The van der Waals surface area contributed by atoms with Gasteiger partial charge < -0.3 is 29.7 Å². The zero-order valence-electron chi connectivity index (χ0n) is 20.6. The number of esters is 1. The fourth-order valence-corrected chi connectivity index (χ4v) is 3.48. The summed E-state index contributed by atoms with van der Waals surface area (Å²) in [7, 11) is 3.16. The van der Waals surface area contributed by atoms with E-state index in [0.717, 1.165) is 5.56 Å². The minimum absolute atomic E-state index is 0.151. The summed E-state index contributed by atoms with van der Waals surface area (Å²) in [6.07, 6.45) is 0.992. The van der Waals surface area contributed by atoms with Crippen LogP contribution in [0.5, 0.6) is 5.75 Å². The summed E-state index contributed by atoms with van der Waals surface area (Å²) < 4.78 is 10.2. The van der Waals surface area contributed by atoms with Crippen LogP contribution in [0.3, 0.4) is 0 Å². The molecule has 1 aliphatic rings. The second-order valence-electron chi connectivity index (χ2n) is 8.32. The van der Waals surface area contributed by atoms with E-state index in [0.29, 0.717) is 44.5 Å². The molecule has 0 spiro atoms. The van der Waals surface area contributed by atoms with Gasteiger partial charge in [0.2, 0.25) is 11.9 Å². The molecular weight excluding hydrogens is 470 g/mol. The van der Waals surface area contributed by atoms with Crippen LogP contribution in [-0.4, -0.2) is 107 Å². The van der Waals surface area contributed by atoms with Gasteiger partial charge in [0.25, 0.3) is 0 Å². The van der Waals surface area contributed by atoms with Crippen LogP contribution < -0.4 is 15.0 Å². The molecule has 2 aromatic rings. The Morgan fingerprint density at radius 2 is 1.81 bits per heavy atom. The standard InChI is InChI=1S/C23H31N7O6/c1-4-35-19(31)14-29-9-11-30(12-10-29)22-25-15-24-21(27-22)26-18(20(32)33)13-16-5-7-17(8-6-16)36-23(34)28(2)3/h5-8,15,18H,4,9-14H2,1-3H3,(H,32,33)(H,24,25,26,27)/t18-/m0/s1. The Kier molecular flexibility index (Phi) is 9.33. The largest absolute Gasteiger partial charge is 0.480 e. The number of hydrogen-bond acceptors (Lipinski definition) is 11. The summed E-state index contributed by atoms with van der Waals surface area (Å²) in [5.74, 6) is -0.367. The first kappa shape index (κ1) is 26.6. The maximum atomic E-state index is 11.9. The lowest BCUT2D eigenvalue weighted by Crippen LogP contribution is -2.48. The average Bonchev–Trinajstić information content (AvgIpc) is 2.85. The lowest BCUT2D eigenvalue weighted by Gasteiger charge is -2.34. The van der Waals surface area contributed by atoms with E-state index in [1.807, 2.05) is 9.80 Å². The number of carbonyl (C=O) groups excluding carboxylic acids is 2. The third-order valence-corrected chi connectivity index (χ3v) is 5.41. The van der Waals surface area contributed by atoms with Gasteiger partial charge in [-0.25, -0.2) is 19.6 Å². The topological polar surface area (TPSA) is 150 Å². The van der Waals surface area contributed by atoms with Crippen LogP contribution in [0.1, 0.15) is 12.5 Å². The van der Waals surface area contributed by atoms with Gasteiger partial charge in [0.05, 0.1) is 13.2 Å². The van der Waals surface area contributed by atoms with Gasteiger partial charge in [0.1, 0.15) is 18.1 Å². The van der Waals surface area contributed by atoms with Crippen molar-refractivity contribution in [2.24, 2.45) is 0 Å². The second kappa shape index (κ2) is 12.6. The number of benzene rings is 1. The highest BCUT2D eigenvalue weighted by Crippen LogP contribution is 2.17. The van der Waals surface area contributed by atoms with Crippen LogP contribution >= 0.6 is 0 Å². The molecule has 1 saturated heterocycles. The summed E-state index contributed by atoms with van der Waals surface area (Å²) in [6, 6.07) is 5.63. The van der Waals surface area contributed by atoms with Crippen molar-refractivity contribution in [3.63, 3.8) is 0 Å². The van der Waals surface area contributed by atoms with Crippen molar-refractivity contribution < 1.29 is 29.0 Å². The highest BCUT2D eigenvalue weighted by Gasteiger charge is 2.23. The Hall–Kier alpha value is -4.00. The Balaban J connectivity index is 1.58. The quantitative estimate of drug-likeness (QED) is 0.442. The molecule has 1 amide bonds. The predicted molar refractivity (Wildman–Crippen MR) is 130 cm³/mol. The van der Waals surface area contributed by atoms with E-state index in [1.165, 1.54) is 11.2 Å². The smallest absolute Gasteiger partial charge is 0.414 e. The number of ether oxygens (including phenoxy) is 2. The lowest BCUT2D eigenvalue weighted by molar-refractivity contribution is -0.144. The van der Waals surface area contributed by atoms with E-state index < -0.39 is 18.1 Å². The minimum atomic E-state index is -1.06. The Morgan fingerprint density at radius 3 is 2.42 bits per heavy atom. The molecule has 0 bridgehead atoms. The fourth-order valence-electron chi connectivity index (χ4n) is 3.48. The van der Waals surface area contributed by atoms with Crippen LogP contribution in [0.2, 0.25) is 0 Å². The molecule has 1 aromatic heterocycles. The Morgan fingerprint density at radius 1 is 1.11 bits per heavy atom. The van der Waals surface area contributed by atoms with Crippen molar-refractivity contribution in [1.29, 1.82) is 0 Å². The number of aromatic nitrogens is 3. The summed E-state index contributed by atoms with van der Waals surface area (Å²) in [5.41, 5.74) is 0.728. The number of nitrogens with one attached hydrogen (secondary N) is 1. The molecular formula is C23H31N7O6. The molecule has 1 aliphatic heterocycles. The van der Waals surface area contributed by atoms with E-state index in [1.54, 1.807) is 45.3 Å². The van der Waals surface area contributed by atoms with Crippen LogP contribution in [0, 0.1) is 0 Å². The summed E-state index contributed by atoms with van der Waals surface area (Å²) >= 11 is 0. The zero-order chi connectivity index (χ0) is 26.1. The number of carboxylic acids is 1. The van der Waals surface area contributed by atoms with Gasteiger partial charge in [-0.05, 0) is 24.6 Å². The zero-order valence-corrected chi connectivity index (χ0v) is 20.6. The van der Waals surface area contributed by atoms with E-state index in [9.17, 15) is 19.5 Å². The van der Waals surface area contributed by atoms with Crippen molar-refractivity contribution >= 4 is 29.9 Å². The number of aliphatic carboxylic acids is 1. The average molecular weight is 502 g/mol. The molecule has 36 heavy (non-hydrogen) atoms. The number of piperazine rings is 1. The molecule has 0 unspecified atom stereocenters. The van der Waals surface area contributed by atoms with E-state index in [2.05, 4.69) is 20.3 Å². The summed E-state index contributed by atoms with van der Waals surface area (Å²) in [6.45, 7) is 4.87. The van der Waals surface area contributed by atoms with Crippen molar-refractivity contribution in [2.45, 2.75) is 19.4 Å². The highest BCUT2D eigenvalue weighted by molar-refractivity contribution is 5.77. The fraction of sp³-hybridized carbons (Fsp3) is 0.478. The molecule has 0 saturated carbocycles. The molecule has 0 aliphatic carbocycles. The third-order valence-electron chi connectivity index (χ3n) is 5.41. The minimum Gasteiger partial charge on any atom is -0.480 e. The third kappa shape index (κ3) is 7.77. The molecule has 1 atom stereocenters. The van der Waals surface area contributed by atoms with Gasteiger partial charge in [-0.1, -0.05) is 12.1 Å². The van der Waals surface area contributed by atoms with E-state index in [-0.39, 0.29) is 24.9 Å². The summed E-state index contributed by atoms with van der Waals surface area (Å²) in [4.78, 5) is 53.2. The molecule has 0 radical (unpaired) electrons. The van der Waals surface area contributed by atoms with Crippen LogP contribution in [0.25, 0.3) is 0 Å². The number of nitrogens with zero attached hydrogens (tertiary/aromatic N) is 6. The van der Waals surface area contributed by atoms with Crippen LogP contribution in [-0.2, 0) is 20.7 Å². The first-order valence-corrected chi connectivity index (χ1v) is 11.5. The lowest BCUT2D eigenvalue weighted by atomic mass is 10.1. The monoisotopic (exact) mass is 501 g/mol. The van der Waals surface area contributed by atoms with E-state index >= 15 is 0 Å². The van der Waals surface area contributed by atoms with Gasteiger partial charge in [-0.2, -0.15) is 4.98 Å². The maximum Gasteiger partial charge on any atom is 0.414 e. The number of anilines is 2. The first-order chi connectivity index (χ1) is 17.2. The number of hydrogen-bond donors (Lipinski definition) is 2. The summed E-state index contributed by atoms with van der Waals surface area (Å²) in [5, 5.41) is 12.6. The van der Waals surface area contributed by atoms with Crippen molar-refractivity contribution in [3.8, 4) is 5.75 Å². The Bertz CT molecular complexity index is 1040. The molecule has 194 valence electrons. The van der Waals surface area contributed by atoms with Gasteiger partial charge in [0.15, 0.2) is 0 Å². The van der Waals surface area contributed by atoms with Crippen molar-refractivity contribution in [1.82, 2.24) is 24.8 Å². The molecule has 2 heterocycles. The molecule has 3 rings (SSSR count). The van der Waals surface area contributed by atoms with Gasteiger partial charge in [-0.15, -0.1) is 0 Å². The van der Waals surface area contributed by atoms with Crippen molar-refractivity contribution in [3.05, 3.63) is 36.2 Å². The van der Waals surface area contributed by atoms with E-state index in [4.69, 9.17) is 9.47 Å². The number of amides is 1. The number of rotatable bonds is 10. The SMILES string of the molecule is CCOC(=O)CN1CCN(c2ncnc(N[C@@H](Cc3ccc(OC(=O)N(C)C)cc3)C(=O)O)n2)CC1. The number of carboxylic acid groups (broad SMARTS) is 1. The predicted octanol–water partition coefficient (Wildman–Crippen LogP) is 0.725. The van der Waals surface area contributed by atoms with Gasteiger partial charge in [0, 0.05) is 46.7 Å². The first-order valence-electron chi connectivity index (χ1n) is 11.5. The van der Waals surface area contributed by atoms with Crippen LogP contribution in [0.4, 0.5) is 16.7 Å². The highest BCUT2D eigenvalue weighted by atomic mass is 16.6. The molecule has 13 heteroatoms. The van der Waals surface area contributed by atoms with Crippen molar-refractivity contribution in [2.75, 3.05) is 63.6 Å². The molecule has 13 nitrogen and oxygen atoms in total. The molecule has 1 aromatic carbocycles.